The molecule has 1 saturated carbocycles. The molecule has 1 atom stereocenters. The molecular formula is C17H25ClIN3O2S. The maximum Gasteiger partial charge on any atom is 0.191 e. The molecule has 1 aromatic rings. The Kier molecular flexibility index (Phi) is 7.01. The van der Waals surface area contributed by atoms with E-state index in [1.165, 1.54) is 5.56 Å². The molecule has 0 radical (unpaired) electrons. The molecular weight excluding hydrogens is 473 g/mol. The fraction of sp³-hybridized carbons (Fsp3) is 0.588. The number of nitrogens with one attached hydrogen (secondary N) is 2. The number of halogens is 2. The van der Waals surface area contributed by atoms with Gasteiger partial charge >= 0.3 is 0 Å². The summed E-state index contributed by atoms with van der Waals surface area (Å²) in [5, 5.41) is 7.24. The summed E-state index contributed by atoms with van der Waals surface area (Å²) < 4.78 is 23.2. The topological polar surface area (TPSA) is 70.6 Å². The van der Waals surface area contributed by atoms with Gasteiger partial charge in [-0.3, -0.25) is 4.99 Å². The van der Waals surface area contributed by atoms with Crippen molar-refractivity contribution in [2.45, 2.75) is 37.6 Å². The molecule has 140 valence electrons. The van der Waals surface area contributed by atoms with Crippen molar-refractivity contribution >= 4 is 51.4 Å². The quantitative estimate of drug-likeness (QED) is 0.373. The summed E-state index contributed by atoms with van der Waals surface area (Å²) in [5.41, 5.74) is 1.31. The molecule has 0 aromatic heterocycles. The van der Waals surface area contributed by atoms with Gasteiger partial charge in [0.1, 0.15) is 0 Å². The Hall–Kier alpha value is -0.540. The zero-order valence-corrected chi connectivity index (χ0v) is 18.2. The Morgan fingerprint density at radius 3 is 2.72 bits per heavy atom. The van der Waals surface area contributed by atoms with Gasteiger partial charge in [0, 0.05) is 23.0 Å². The Morgan fingerprint density at radius 2 is 2.16 bits per heavy atom. The molecule has 1 aliphatic carbocycles. The SMILES string of the molecule is CCNC(=NCC1(c2cccc(Cl)c2)CC1)NC1CCS(=O)(=O)C1.I. The number of hydrogen-bond acceptors (Lipinski definition) is 3. The van der Waals surface area contributed by atoms with Crippen LogP contribution in [0.4, 0.5) is 0 Å². The van der Waals surface area contributed by atoms with E-state index in [4.69, 9.17) is 16.6 Å². The summed E-state index contributed by atoms with van der Waals surface area (Å²) in [6.45, 7) is 3.43. The van der Waals surface area contributed by atoms with Gasteiger partial charge in [-0.2, -0.15) is 0 Å². The van der Waals surface area contributed by atoms with Crippen LogP contribution in [0.2, 0.25) is 5.02 Å². The van der Waals surface area contributed by atoms with Gasteiger partial charge in [-0.1, -0.05) is 23.7 Å². The highest BCUT2D eigenvalue weighted by molar-refractivity contribution is 14.0. The van der Waals surface area contributed by atoms with E-state index in [1.54, 1.807) is 0 Å². The number of hydrogen-bond donors (Lipinski definition) is 2. The maximum atomic E-state index is 11.6. The molecule has 0 spiro atoms. The first-order valence-electron chi connectivity index (χ1n) is 8.44. The van der Waals surface area contributed by atoms with Crippen LogP contribution in [0.5, 0.6) is 0 Å². The fourth-order valence-corrected chi connectivity index (χ4v) is 5.02. The van der Waals surface area contributed by atoms with E-state index in [2.05, 4.69) is 16.7 Å². The van der Waals surface area contributed by atoms with Crippen molar-refractivity contribution in [3.05, 3.63) is 34.9 Å². The normalized spacial score (nSPS) is 23.6. The van der Waals surface area contributed by atoms with Crippen molar-refractivity contribution in [1.82, 2.24) is 10.6 Å². The molecule has 1 aliphatic heterocycles. The Labute approximate surface area is 172 Å². The van der Waals surface area contributed by atoms with E-state index >= 15 is 0 Å². The number of nitrogens with zero attached hydrogens (tertiary/aromatic N) is 1. The lowest BCUT2D eigenvalue weighted by Crippen LogP contribution is -2.44. The van der Waals surface area contributed by atoms with Gasteiger partial charge in [-0.25, -0.2) is 8.42 Å². The van der Waals surface area contributed by atoms with Crippen molar-refractivity contribution in [3.8, 4) is 0 Å². The van der Waals surface area contributed by atoms with Gasteiger partial charge in [0.05, 0.1) is 18.1 Å². The molecule has 8 heteroatoms. The van der Waals surface area contributed by atoms with Crippen molar-refractivity contribution in [2.75, 3.05) is 24.6 Å². The third-order valence-electron chi connectivity index (χ3n) is 4.75. The van der Waals surface area contributed by atoms with Gasteiger partial charge in [0.25, 0.3) is 0 Å². The monoisotopic (exact) mass is 497 g/mol. The third kappa shape index (κ3) is 5.47. The van der Waals surface area contributed by atoms with E-state index in [0.29, 0.717) is 18.9 Å². The molecule has 2 N–H and O–H groups in total. The Bertz CT molecular complexity index is 735. The summed E-state index contributed by atoms with van der Waals surface area (Å²) in [7, 11) is -2.89. The maximum absolute atomic E-state index is 11.6. The van der Waals surface area contributed by atoms with Gasteiger partial charge in [-0.05, 0) is 43.9 Å². The lowest BCUT2D eigenvalue weighted by atomic mass is 9.96. The van der Waals surface area contributed by atoms with E-state index in [-0.39, 0.29) is 46.9 Å². The van der Waals surface area contributed by atoms with Crippen molar-refractivity contribution in [2.24, 2.45) is 4.99 Å². The molecule has 1 saturated heterocycles. The van der Waals surface area contributed by atoms with Crippen molar-refractivity contribution in [3.63, 3.8) is 0 Å². The van der Waals surface area contributed by atoms with Gasteiger partial charge in [-0.15, -0.1) is 24.0 Å². The minimum absolute atomic E-state index is 0. The molecule has 0 amide bonds. The van der Waals surface area contributed by atoms with Crippen molar-refractivity contribution in [1.29, 1.82) is 0 Å². The van der Waals surface area contributed by atoms with Crippen LogP contribution in [-0.2, 0) is 15.3 Å². The number of guanidine groups is 1. The van der Waals surface area contributed by atoms with Crippen LogP contribution in [-0.4, -0.2) is 45.0 Å². The zero-order valence-electron chi connectivity index (χ0n) is 14.3. The fourth-order valence-electron chi connectivity index (χ4n) is 3.16. The van der Waals surface area contributed by atoms with Gasteiger partial charge in [0.2, 0.25) is 0 Å². The molecule has 1 aromatic carbocycles. The summed E-state index contributed by atoms with van der Waals surface area (Å²) >= 11 is 6.11. The predicted molar refractivity (Wildman–Crippen MR) is 114 cm³/mol. The number of benzene rings is 1. The number of aliphatic imine (C=N–C) groups is 1. The van der Waals surface area contributed by atoms with Gasteiger partial charge < -0.3 is 10.6 Å². The first-order chi connectivity index (χ1) is 11.4. The lowest BCUT2D eigenvalue weighted by molar-refractivity contribution is 0.599. The van der Waals surface area contributed by atoms with Crippen LogP contribution < -0.4 is 10.6 Å². The lowest BCUT2D eigenvalue weighted by Gasteiger charge is -2.18. The van der Waals surface area contributed by atoms with Crippen LogP contribution in [0.3, 0.4) is 0 Å². The second kappa shape index (κ2) is 8.43. The third-order valence-corrected chi connectivity index (χ3v) is 6.75. The van der Waals surface area contributed by atoms with Crippen LogP contribution in [0, 0.1) is 0 Å². The number of sulfone groups is 1. The molecule has 0 bridgehead atoms. The highest BCUT2D eigenvalue weighted by Crippen LogP contribution is 2.48. The average Bonchev–Trinajstić information content (AvgIpc) is 3.24. The van der Waals surface area contributed by atoms with E-state index < -0.39 is 9.84 Å². The smallest absolute Gasteiger partial charge is 0.191 e. The van der Waals surface area contributed by atoms with E-state index in [0.717, 1.165) is 24.4 Å². The molecule has 3 rings (SSSR count). The van der Waals surface area contributed by atoms with E-state index in [1.807, 2.05) is 25.1 Å². The van der Waals surface area contributed by atoms with Gasteiger partial charge in [0.15, 0.2) is 15.8 Å². The van der Waals surface area contributed by atoms with Crippen LogP contribution in [0.15, 0.2) is 29.3 Å². The zero-order chi connectivity index (χ0) is 17.2. The largest absolute Gasteiger partial charge is 0.357 e. The highest BCUT2D eigenvalue weighted by atomic mass is 127. The minimum atomic E-state index is -2.89. The molecule has 25 heavy (non-hydrogen) atoms. The van der Waals surface area contributed by atoms with Crippen LogP contribution in [0.1, 0.15) is 31.7 Å². The molecule has 1 unspecified atom stereocenters. The molecule has 2 aliphatic rings. The average molecular weight is 498 g/mol. The number of rotatable bonds is 5. The van der Waals surface area contributed by atoms with Crippen molar-refractivity contribution < 1.29 is 8.42 Å². The summed E-state index contributed by atoms with van der Waals surface area (Å²) in [6, 6.07) is 7.95. The first-order valence-corrected chi connectivity index (χ1v) is 10.6. The van der Waals surface area contributed by atoms with Crippen LogP contribution >= 0.6 is 35.6 Å². The van der Waals surface area contributed by atoms with E-state index in [9.17, 15) is 8.42 Å². The first kappa shape index (κ1) is 20.8. The predicted octanol–water partition coefficient (Wildman–Crippen LogP) is 2.73. The summed E-state index contributed by atoms with van der Waals surface area (Å²) in [6.07, 6.45) is 2.86. The Morgan fingerprint density at radius 1 is 1.40 bits per heavy atom. The summed E-state index contributed by atoms with van der Waals surface area (Å²) in [4.78, 5) is 4.72. The standard InChI is InChI=1S/C17H24ClN3O2S.HI/c1-2-19-16(21-15-6-9-24(22,23)11-15)20-12-17(7-8-17)13-4-3-5-14(18)10-13;/h3-5,10,15H,2,6-9,11-12H2,1H3,(H2,19,20,21);1H. The minimum Gasteiger partial charge on any atom is -0.357 e. The molecule has 1 heterocycles. The highest BCUT2D eigenvalue weighted by Gasteiger charge is 2.44. The van der Waals surface area contributed by atoms with Crippen LogP contribution in [0.25, 0.3) is 0 Å². The molecule has 5 nitrogen and oxygen atoms in total. The second-order valence-corrected chi connectivity index (χ2v) is 9.40. The summed E-state index contributed by atoms with van der Waals surface area (Å²) in [5.74, 6) is 1.15. The molecule has 2 fully saturated rings. The Balaban J connectivity index is 0.00000225. The second-order valence-electron chi connectivity index (χ2n) is 6.73.